The van der Waals surface area contributed by atoms with Crippen molar-refractivity contribution in [2.24, 2.45) is 0 Å². The van der Waals surface area contributed by atoms with Crippen LogP contribution in [0.2, 0.25) is 0 Å². The number of aromatic hydroxyl groups is 1. The second-order valence-electron chi connectivity index (χ2n) is 10.8. The van der Waals surface area contributed by atoms with E-state index in [9.17, 15) is 15.0 Å². The minimum atomic E-state index is -0.990. The van der Waals surface area contributed by atoms with Crippen LogP contribution in [0.1, 0.15) is 48.8 Å². The molecular weight excluding hydrogens is 440 g/mol. The SMILES string of the molecule is C=CCN1CC[C@]23c4c5ccc(O)c4O[C@H]2[C@@H](N(C)C(=O)[C@H](C)c2ccccc2)CC[C@@]3(O)[C@H]1C5. The van der Waals surface area contributed by atoms with Crippen molar-refractivity contribution in [3.8, 4) is 11.5 Å². The number of likely N-dealkylation sites (tertiary alicyclic amines) is 1. The minimum Gasteiger partial charge on any atom is -0.504 e. The van der Waals surface area contributed by atoms with Gasteiger partial charge in [-0.05, 0) is 56.3 Å². The number of hydrogen-bond donors (Lipinski definition) is 2. The van der Waals surface area contributed by atoms with Gasteiger partial charge in [0.15, 0.2) is 11.5 Å². The highest BCUT2D eigenvalue weighted by atomic mass is 16.5. The molecule has 2 aliphatic carbocycles. The molecule has 2 heterocycles. The Bertz CT molecular complexity index is 1180. The average molecular weight is 475 g/mol. The van der Waals surface area contributed by atoms with Gasteiger partial charge in [-0.25, -0.2) is 0 Å². The molecule has 2 fully saturated rings. The number of nitrogens with zero attached hydrogens (tertiary/aromatic N) is 2. The highest BCUT2D eigenvalue weighted by Crippen LogP contribution is 2.65. The molecule has 6 atom stereocenters. The van der Waals surface area contributed by atoms with Crippen LogP contribution in [0.3, 0.4) is 0 Å². The summed E-state index contributed by atoms with van der Waals surface area (Å²) in [7, 11) is 1.87. The second-order valence-corrected chi connectivity index (χ2v) is 10.8. The lowest BCUT2D eigenvalue weighted by Gasteiger charge is -2.64. The lowest BCUT2D eigenvalue weighted by atomic mass is 9.48. The summed E-state index contributed by atoms with van der Waals surface area (Å²) in [5.74, 6) is 0.391. The Kier molecular flexibility index (Phi) is 5.07. The molecule has 2 aromatic rings. The fraction of sp³-hybridized carbons (Fsp3) is 0.483. The van der Waals surface area contributed by atoms with E-state index >= 15 is 0 Å². The maximum absolute atomic E-state index is 13.7. The summed E-state index contributed by atoms with van der Waals surface area (Å²) < 4.78 is 6.60. The largest absolute Gasteiger partial charge is 0.504 e. The fourth-order valence-corrected chi connectivity index (χ4v) is 7.74. The zero-order valence-electron chi connectivity index (χ0n) is 20.5. The lowest BCUT2D eigenvalue weighted by Crippen LogP contribution is -2.78. The number of carbonyl (C=O) groups excluding carboxylic acids is 1. The van der Waals surface area contributed by atoms with E-state index in [4.69, 9.17) is 4.74 Å². The molecular formula is C29H34N2O4. The van der Waals surface area contributed by atoms with Crippen LogP contribution in [-0.2, 0) is 16.6 Å². The van der Waals surface area contributed by atoms with Crippen LogP contribution in [-0.4, -0.2) is 69.8 Å². The third-order valence-electron chi connectivity index (χ3n) is 9.42. The normalized spacial score (nSPS) is 33.4. The van der Waals surface area contributed by atoms with E-state index in [0.29, 0.717) is 25.0 Å². The summed E-state index contributed by atoms with van der Waals surface area (Å²) >= 11 is 0. The minimum absolute atomic E-state index is 0.0449. The van der Waals surface area contributed by atoms with E-state index in [1.807, 2.05) is 61.3 Å². The van der Waals surface area contributed by atoms with E-state index < -0.39 is 17.1 Å². The van der Waals surface area contributed by atoms with Crippen molar-refractivity contribution in [2.75, 3.05) is 20.1 Å². The maximum Gasteiger partial charge on any atom is 0.229 e. The quantitative estimate of drug-likeness (QED) is 0.650. The van der Waals surface area contributed by atoms with Crippen molar-refractivity contribution in [3.63, 3.8) is 0 Å². The van der Waals surface area contributed by atoms with Crippen molar-refractivity contribution in [2.45, 2.75) is 67.7 Å². The fourth-order valence-electron chi connectivity index (χ4n) is 7.74. The number of amides is 1. The number of benzene rings is 2. The number of carbonyl (C=O) groups is 1. The number of piperidine rings is 1. The summed E-state index contributed by atoms with van der Waals surface area (Å²) in [5.41, 5.74) is 1.46. The summed E-state index contributed by atoms with van der Waals surface area (Å²) in [6.07, 6.45) is 4.17. The highest BCUT2D eigenvalue weighted by Gasteiger charge is 2.73. The summed E-state index contributed by atoms with van der Waals surface area (Å²) in [6, 6.07) is 13.3. The molecule has 35 heavy (non-hydrogen) atoms. The van der Waals surface area contributed by atoms with Gasteiger partial charge in [-0.1, -0.05) is 42.5 Å². The third-order valence-corrected chi connectivity index (χ3v) is 9.42. The topological polar surface area (TPSA) is 73.2 Å². The molecule has 6 heteroatoms. The van der Waals surface area contributed by atoms with Crippen molar-refractivity contribution in [1.29, 1.82) is 0 Å². The van der Waals surface area contributed by atoms with Crippen LogP contribution in [0, 0.1) is 0 Å². The van der Waals surface area contributed by atoms with Crippen molar-refractivity contribution in [1.82, 2.24) is 9.80 Å². The van der Waals surface area contributed by atoms with Gasteiger partial charge in [-0.2, -0.15) is 0 Å². The van der Waals surface area contributed by atoms with E-state index in [2.05, 4.69) is 11.5 Å². The van der Waals surface area contributed by atoms with Crippen LogP contribution >= 0.6 is 0 Å². The first-order valence-electron chi connectivity index (χ1n) is 12.7. The number of ether oxygens (including phenoxy) is 1. The zero-order chi connectivity index (χ0) is 24.5. The Morgan fingerprint density at radius 2 is 2.06 bits per heavy atom. The van der Waals surface area contributed by atoms with Gasteiger partial charge in [-0.3, -0.25) is 9.69 Å². The molecule has 184 valence electrons. The number of likely N-dealkylation sites (N-methyl/N-ethyl adjacent to an activating group) is 1. The Morgan fingerprint density at radius 1 is 1.29 bits per heavy atom. The lowest BCUT2D eigenvalue weighted by molar-refractivity contribution is -0.198. The number of hydrogen-bond acceptors (Lipinski definition) is 5. The molecule has 1 spiro atoms. The first kappa shape index (κ1) is 22.6. The van der Waals surface area contributed by atoms with Crippen molar-refractivity contribution < 1.29 is 19.7 Å². The molecule has 2 N–H and O–H groups in total. The predicted octanol–water partition coefficient (Wildman–Crippen LogP) is 3.36. The smallest absolute Gasteiger partial charge is 0.229 e. The van der Waals surface area contributed by atoms with Crippen molar-refractivity contribution in [3.05, 3.63) is 71.8 Å². The van der Waals surface area contributed by atoms with E-state index in [1.165, 1.54) is 0 Å². The van der Waals surface area contributed by atoms with Gasteiger partial charge in [0.1, 0.15) is 6.10 Å². The first-order chi connectivity index (χ1) is 16.8. The van der Waals surface area contributed by atoms with Gasteiger partial charge in [0.25, 0.3) is 0 Å². The molecule has 2 bridgehead atoms. The van der Waals surface area contributed by atoms with Gasteiger partial charge in [0.05, 0.1) is 23.0 Å². The number of phenols is 1. The monoisotopic (exact) mass is 474 g/mol. The molecule has 0 unspecified atom stereocenters. The Morgan fingerprint density at radius 3 is 2.80 bits per heavy atom. The number of aliphatic hydroxyl groups is 1. The maximum atomic E-state index is 13.7. The van der Waals surface area contributed by atoms with E-state index in [-0.39, 0.29) is 29.7 Å². The summed E-state index contributed by atoms with van der Waals surface area (Å²) in [6.45, 7) is 7.43. The number of phenolic OH excluding ortho intramolecular Hbond substituents is 1. The Labute approximate surface area is 206 Å². The Hall–Kier alpha value is -2.83. The zero-order valence-corrected chi connectivity index (χ0v) is 20.5. The predicted molar refractivity (Wildman–Crippen MR) is 134 cm³/mol. The van der Waals surface area contributed by atoms with Gasteiger partial charge in [-0.15, -0.1) is 6.58 Å². The Balaban J connectivity index is 1.42. The van der Waals surface area contributed by atoms with Crippen molar-refractivity contribution >= 4 is 5.91 Å². The molecule has 1 saturated heterocycles. The first-order valence-corrected chi connectivity index (χ1v) is 12.7. The van der Waals surface area contributed by atoms with Gasteiger partial charge < -0.3 is 19.8 Å². The van der Waals surface area contributed by atoms with Gasteiger partial charge >= 0.3 is 0 Å². The molecule has 2 aliphatic heterocycles. The molecule has 6 rings (SSSR count). The van der Waals surface area contributed by atoms with Crippen LogP contribution in [0.15, 0.2) is 55.1 Å². The van der Waals surface area contributed by atoms with Crippen LogP contribution in [0.4, 0.5) is 0 Å². The molecule has 0 radical (unpaired) electrons. The molecule has 4 aliphatic rings. The molecule has 1 amide bonds. The van der Waals surface area contributed by atoms with Gasteiger partial charge in [0, 0.05) is 25.2 Å². The molecule has 6 nitrogen and oxygen atoms in total. The summed E-state index contributed by atoms with van der Waals surface area (Å²) in [4.78, 5) is 17.9. The second kappa shape index (κ2) is 7.84. The number of rotatable bonds is 5. The molecule has 2 aromatic carbocycles. The van der Waals surface area contributed by atoms with Crippen LogP contribution in [0.5, 0.6) is 11.5 Å². The molecule has 1 saturated carbocycles. The van der Waals surface area contributed by atoms with E-state index in [1.54, 1.807) is 6.07 Å². The summed E-state index contributed by atoms with van der Waals surface area (Å²) in [5, 5.41) is 23.3. The van der Waals surface area contributed by atoms with Crippen LogP contribution in [0.25, 0.3) is 0 Å². The standard InChI is InChI=1S/C29H34N2O4/c1-4-15-31-16-14-28-24-20-10-11-22(32)25(24)35-26(28)21(12-13-29(28,34)23(31)17-20)30(3)27(33)18(2)19-8-6-5-7-9-19/h4-11,18,21,23,26,32,34H,1,12-17H2,2-3H3/t18-,21+,23-,26+,28+,29-/m1/s1. The average Bonchev–Trinajstić information content (AvgIpc) is 3.22. The van der Waals surface area contributed by atoms with Crippen LogP contribution < -0.4 is 4.74 Å². The highest BCUT2D eigenvalue weighted by molar-refractivity contribution is 5.83. The third kappa shape index (κ3) is 2.87. The molecule has 0 aromatic heterocycles. The van der Waals surface area contributed by atoms with E-state index in [0.717, 1.165) is 36.2 Å². The van der Waals surface area contributed by atoms with Gasteiger partial charge in [0.2, 0.25) is 5.91 Å².